The minimum absolute atomic E-state index is 0.00486. The van der Waals surface area contributed by atoms with E-state index in [1.807, 2.05) is 37.4 Å². The topological polar surface area (TPSA) is 44.9 Å². The lowest BCUT2D eigenvalue weighted by molar-refractivity contribution is 0.0949. The quantitative estimate of drug-likeness (QED) is 0.438. The third-order valence-electron chi connectivity index (χ3n) is 4.90. The number of ketones is 1. The lowest BCUT2D eigenvalue weighted by atomic mass is 10.00. The first kappa shape index (κ1) is 17.7. The Morgan fingerprint density at radius 2 is 1.81 bits per heavy atom. The summed E-state index contributed by atoms with van der Waals surface area (Å²) in [5, 5.41) is 6.60. The highest BCUT2D eigenvalue weighted by atomic mass is 32.1. The molecule has 4 heteroatoms. The summed E-state index contributed by atoms with van der Waals surface area (Å²) in [5.41, 5.74) is 4.12. The first-order valence-electron chi connectivity index (χ1n) is 9.10. The van der Waals surface area contributed by atoms with Crippen LogP contribution >= 0.6 is 11.3 Å². The maximum atomic E-state index is 13.1. The van der Waals surface area contributed by atoms with Crippen LogP contribution in [0.4, 0.5) is 0 Å². The molecule has 136 valence electrons. The standard InChI is InChI=1S/C23H22N2OS/c1-15-9-11-17(12-10-15)22(21-8-5-13-27-21)25-16(2)23(26)19-14-24-20-7-4-3-6-18(19)20/h3-14,16,22,24-25H,1-2H3/t16-,22-/m0/s1. The second-order valence-electron chi connectivity index (χ2n) is 6.86. The van der Waals surface area contributed by atoms with Gasteiger partial charge in [-0.3, -0.25) is 10.1 Å². The fourth-order valence-electron chi connectivity index (χ4n) is 3.39. The molecule has 0 fully saturated rings. The summed E-state index contributed by atoms with van der Waals surface area (Å²) in [6.07, 6.45) is 1.82. The van der Waals surface area contributed by atoms with Crippen molar-refractivity contribution in [3.63, 3.8) is 0 Å². The normalized spacial score (nSPS) is 13.6. The van der Waals surface area contributed by atoms with Crippen LogP contribution in [0.1, 0.15) is 39.3 Å². The summed E-state index contributed by atoms with van der Waals surface area (Å²) in [4.78, 5) is 17.5. The van der Waals surface area contributed by atoms with E-state index >= 15 is 0 Å². The van der Waals surface area contributed by atoms with Crippen LogP contribution in [-0.4, -0.2) is 16.8 Å². The van der Waals surface area contributed by atoms with E-state index in [0.717, 1.165) is 16.5 Å². The van der Waals surface area contributed by atoms with Crippen LogP contribution in [0.3, 0.4) is 0 Å². The van der Waals surface area contributed by atoms with Gasteiger partial charge in [-0.15, -0.1) is 11.3 Å². The molecular weight excluding hydrogens is 352 g/mol. The summed E-state index contributed by atoms with van der Waals surface area (Å²) in [6.45, 7) is 4.03. The molecule has 2 aromatic heterocycles. The van der Waals surface area contributed by atoms with E-state index in [1.54, 1.807) is 11.3 Å². The Balaban J connectivity index is 1.62. The predicted octanol–water partition coefficient (Wildman–Crippen LogP) is 5.49. The summed E-state index contributed by atoms with van der Waals surface area (Å²) >= 11 is 1.70. The van der Waals surface area contributed by atoms with Gasteiger partial charge in [0.15, 0.2) is 5.78 Å². The number of hydrogen-bond acceptors (Lipinski definition) is 3. The molecule has 0 unspecified atom stereocenters. The number of aromatic amines is 1. The van der Waals surface area contributed by atoms with Crippen LogP contribution in [0.2, 0.25) is 0 Å². The number of benzene rings is 2. The van der Waals surface area contributed by atoms with Crippen molar-refractivity contribution in [1.29, 1.82) is 0 Å². The van der Waals surface area contributed by atoms with Gasteiger partial charge >= 0.3 is 0 Å². The Kier molecular flexibility index (Phi) is 4.92. The van der Waals surface area contributed by atoms with Gasteiger partial charge in [-0.25, -0.2) is 0 Å². The van der Waals surface area contributed by atoms with Crippen molar-refractivity contribution in [2.75, 3.05) is 0 Å². The van der Waals surface area contributed by atoms with E-state index in [1.165, 1.54) is 16.0 Å². The number of aromatic nitrogens is 1. The maximum Gasteiger partial charge on any atom is 0.181 e. The Labute approximate surface area is 163 Å². The molecule has 0 bridgehead atoms. The third-order valence-corrected chi connectivity index (χ3v) is 5.84. The number of Topliss-reactive ketones (excluding diaryl/α,β-unsaturated/α-hetero) is 1. The van der Waals surface area contributed by atoms with Gasteiger partial charge in [0.1, 0.15) is 0 Å². The number of nitrogens with one attached hydrogen (secondary N) is 2. The fourth-order valence-corrected chi connectivity index (χ4v) is 4.20. The van der Waals surface area contributed by atoms with Crippen molar-refractivity contribution in [3.05, 3.63) is 93.8 Å². The lowest BCUT2D eigenvalue weighted by Gasteiger charge is -2.22. The van der Waals surface area contributed by atoms with Crippen LogP contribution < -0.4 is 5.32 Å². The van der Waals surface area contributed by atoms with Gasteiger partial charge in [0, 0.05) is 27.5 Å². The van der Waals surface area contributed by atoms with E-state index in [-0.39, 0.29) is 17.9 Å². The predicted molar refractivity (Wildman–Crippen MR) is 113 cm³/mol. The molecular formula is C23H22N2OS. The molecule has 0 aliphatic heterocycles. The number of fused-ring (bicyclic) bond motifs is 1. The number of hydrogen-bond donors (Lipinski definition) is 2. The molecule has 0 spiro atoms. The smallest absolute Gasteiger partial charge is 0.181 e. The summed E-state index contributed by atoms with van der Waals surface area (Å²) in [5.74, 6) is 0.0983. The monoisotopic (exact) mass is 374 g/mol. The minimum Gasteiger partial charge on any atom is -0.360 e. The molecule has 0 radical (unpaired) electrons. The Bertz CT molecular complexity index is 1050. The molecule has 0 saturated carbocycles. The number of rotatable bonds is 6. The molecule has 0 aliphatic rings. The van der Waals surface area contributed by atoms with E-state index in [2.05, 4.69) is 59.0 Å². The lowest BCUT2D eigenvalue weighted by Crippen LogP contribution is -2.37. The first-order valence-corrected chi connectivity index (χ1v) is 9.98. The van der Waals surface area contributed by atoms with Gasteiger partial charge in [0.25, 0.3) is 0 Å². The molecule has 0 saturated heterocycles. The van der Waals surface area contributed by atoms with E-state index in [0.29, 0.717) is 0 Å². The van der Waals surface area contributed by atoms with Crippen LogP contribution in [-0.2, 0) is 0 Å². The van der Waals surface area contributed by atoms with Gasteiger partial charge in [-0.2, -0.15) is 0 Å². The molecule has 0 aliphatic carbocycles. The Hall–Kier alpha value is -2.69. The maximum absolute atomic E-state index is 13.1. The number of thiophene rings is 1. The molecule has 4 rings (SSSR count). The number of H-pyrrole nitrogens is 1. The molecule has 2 N–H and O–H groups in total. The van der Waals surface area contributed by atoms with Gasteiger partial charge < -0.3 is 4.98 Å². The van der Waals surface area contributed by atoms with Crippen molar-refractivity contribution in [3.8, 4) is 0 Å². The zero-order valence-electron chi connectivity index (χ0n) is 15.4. The van der Waals surface area contributed by atoms with Crippen molar-refractivity contribution in [1.82, 2.24) is 10.3 Å². The average molecular weight is 375 g/mol. The van der Waals surface area contributed by atoms with Gasteiger partial charge in [-0.05, 0) is 36.9 Å². The second kappa shape index (κ2) is 7.51. The molecule has 2 atom stereocenters. The van der Waals surface area contributed by atoms with Gasteiger partial charge in [0.2, 0.25) is 0 Å². The van der Waals surface area contributed by atoms with Crippen LogP contribution in [0.5, 0.6) is 0 Å². The largest absolute Gasteiger partial charge is 0.360 e. The summed E-state index contributed by atoms with van der Waals surface area (Å²) in [7, 11) is 0. The Morgan fingerprint density at radius 1 is 1.04 bits per heavy atom. The molecule has 27 heavy (non-hydrogen) atoms. The van der Waals surface area contributed by atoms with Crippen molar-refractivity contribution < 1.29 is 4.79 Å². The van der Waals surface area contributed by atoms with Crippen LogP contribution in [0.15, 0.2) is 72.2 Å². The zero-order chi connectivity index (χ0) is 18.8. The highest BCUT2D eigenvalue weighted by Gasteiger charge is 2.24. The first-order chi connectivity index (χ1) is 13.1. The molecule has 3 nitrogen and oxygen atoms in total. The SMILES string of the molecule is Cc1ccc([C@H](N[C@@H](C)C(=O)c2c[nH]c3ccccc23)c2cccs2)cc1. The van der Waals surface area contributed by atoms with E-state index < -0.39 is 0 Å². The van der Waals surface area contributed by atoms with Crippen molar-refractivity contribution in [2.24, 2.45) is 0 Å². The van der Waals surface area contributed by atoms with Gasteiger partial charge in [-0.1, -0.05) is 54.1 Å². The Morgan fingerprint density at radius 3 is 2.56 bits per heavy atom. The average Bonchev–Trinajstić information content (AvgIpc) is 3.36. The molecule has 4 aromatic rings. The number of carbonyl (C=O) groups is 1. The zero-order valence-corrected chi connectivity index (χ0v) is 16.2. The minimum atomic E-state index is -0.308. The second-order valence-corrected chi connectivity index (χ2v) is 7.84. The summed E-state index contributed by atoms with van der Waals surface area (Å²) in [6, 6.07) is 20.3. The van der Waals surface area contributed by atoms with E-state index in [4.69, 9.17) is 0 Å². The van der Waals surface area contributed by atoms with E-state index in [9.17, 15) is 4.79 Å². The highest BCUT2D eigenvalue weighted by molar-refractivity contribution is 7.10. The highest BCUT2D eigenvalue weighted by Crippen LogP contribution is 2.28. The van der Waals surface area contributed by atoms with Crippen LogP contribution in [0, 0.1) is 6.92 Å². The summed E-state index contributed by atoms with van der Waals surface area (Å²) < 4.78 is 0. The molecule has 2 aromatic carbocycles. The molecule has 2 heterocycles. The van der Waals surface area contributed by atoms with Gasteiger partial charge in [0.05, 0.1) is 12.1 Å². The van der Waals surface area contributed by atoms with Crippen molar-refractivity contribution in [2.45, 2.75) is 25.9 Å². The van der Waals surface area contributed by atoms with Crippen molar-refractivity contribution >= 4 is 28.0 Å². The number of carbonyl (C=O) groups excluding carboxylic acids is 1. The fraction of sp³-hybridized carbons (Fsp3) is 0.174. The number of aryl methyl sites for hydroxylation is 1. The molecule has 0 amide bonds. The number of para-hydroxylation sites is 1. The van der Waals surface area contributed by atoms with Crippen LogP contribution in [0.25, 0.3) is 10.9 Å². The third kappa shape index (κ3) is 3.59.